The fraction of sp³-hybridized carbons (Fsp3) is 0.400. The van der Waals surface area contributed by atoms with Crippen molar-refractivity contribution in [3.05, 3.63) is 30.3 Å². The number of hydrogen-bond donors (Lipinski definition) is 1. The summed E-state index contributed by atoms with van der Waals surface area (Å²) in [5.74, 6) is -0.846. The summed E-state index contributed by atoms with van der Waals surface area (Å²) < 4.78 is 25.9. The summed E-state index contributed by atoms with van der Waals surface area (Å²) in [6, 6.07) is 6.69. The Morgan fingerprint density at radius 1 is 1.24 bits per heavy atom. The van der Waals surface area contributed by atoms with Gasteiger partial charge in [-0.3, -0.25) is 14.9 Å². The van der Waals surface area contributed by atoms with E-state index in [1.807, 2.05) is 0 Å². The zero-order chi connectivity index (χ0) is 18.2. The molecule has 1 aromatic carbocycles. The van der Waals surface area contributed by atoms with Gasteiger partial charge in [0.25, 0.3) is 5.91 Å². The summed E-state index contributed by atoms with van der Waals surface area (Å²) in [5, 5.41) is 2.21. The third-order valence-corrected chi connectivity index (χ3v) is 6.15. The number of likely N-dealkylation sites (N-methyl/N-ethyl adjacent to an activating group) is 1. The number of sulfonamides is 1. The van der Waals surface area contributed by atoms with Crippen LogP contribution in [0.5, 0.6) is 0 Å². The molecule has 1 aromatic rings. The molecule has 4 amide bonds. The number of benzene rings is 1. The predicted octanol–water partition coefficient (Wildman–Crippen LogP) is -0.930. The van der Waals surface area contributed by atoms with Gasteiger partial charge < -0.3 is 9.80 Å². The lowest BCUT2D eigenvalue weighted by Crippen LogP contribution is -2.56. The Kier molecular flexibility index (Phi) is 4.48. The summed E-state index contributed by atoms with van der Waals surface area (Å²) >= 11 is 0. The minimum absolute atomic E-state index is 0.0651. The molecule has 0 aliphatic carbocycles. The molecule has 0 saturated carbocycles. The van der Waals surface area contributed by atoms with Gasteiger partial charge in [-0.05, 0) is 12.1 Å². The molecule has 1 N–H and O–H groups in total. The van der Waals surface area contributed by atoms with Gasteiger partial charge in [0.15, 0.2) is 0 Å². The second-order valence-electron chi connectivity index (χ2n) is 5.92. The molecule has 0 radical (unpaired) electrons. The van der Waals surface area contributed by atoms with Crippen molar-refractivity contribution in [1.82, 2.24) is 19.4 Å². The van der Waals surface area contributed by atoms with E-state index in [0.717, 1.165) is 4.31 Å². The van der Waals surface area contributed by atoms with E-state index < -0.39 is 33.9 Å². The SMILES string of the molecule is CN(CC(=O)N1CCN2C(=O)NC(=O)C2C1)S(=O)(=O)c1ccccc1. The van der Waals surface area contributed by atoms with Crippen molar-refractivity contribution in [2.24, 2.45) is 0 Å². The van der Waals surface area contributed by atoms with E-state index in [9.17, 15) is 22.8 Å². The maximum Gasteiger partial charge on any atom is 0.324 e. The van der Waals surface area contributed by atoms with E-state index in [2.05, 4.69) is 5.32 Å². The smallest absolute Gasteiger partial charge is 0.324 e. The number of rotatable bonds is 4. The third kappa shape index (κ3) is 3.22. The van der Waals surface area contributed by atoms with Crippen molar-refractivity contribution in [3.63, 3.8) is 0 Å². The number of carbonyl (C=O) groups excluding carboxylic acids is 3. The van der Waals surface area contributed by atoms with Crippen LogP contribution in [-0.4, -0.2) is 79.6 Å². The highest BCUT2D eigenvalue weighted by Crippen LogP contribution is 2.17. The number of hydrogen-bond acceptors (Lipinski definition) is 5. The van der Waals surface area contributed by atoms with E-state index in [1.54, 1.807) is 18.2 Å². The normalized spacial score (nSPS) is 20.6. The number of nitrogens with zero attached hydrogens (tertiary/aromatic N) is 3. The molecule has 25 heavy (non-hydrogen) atoms. The van der Waals surface area contributed by atoms with Crippen LogP contribution in [0, 0.1) is 0 Å². The molecule has 134 valence electrons. The van der Waals surface area contributed by atoms with Crippen LogP contribution in [0.3, 0.4) is 0 Å². The van der Waals surface area contributed by atoms with Crippen molar-refractivity contribution >= 4 is 27.9 Å². The summed E-state index contributed by atoms with van der Waals surface area (Å²) in [4.78, 5) is 38.7. The number of piperazine rings is 1. The van der Waals surface area contributed by atoms with E-state index in [4.69, 9.17) is 0 Å². The summed E-state index contributed by atoms with van der Waals surface area (Å²) in [6.07, 6.45) is 0. The third-order valence-electron chi connectivity index (χ3n) is 4.34. The topological polar surface area (TPSA) is 107 Å². The number of carbonyl (C=O) groups is 3. The molecule has 0 bridgehead atoms. The van der Waals surface area contributed by atoms with Gasteiger partial charge in [-0.1, -0.05) is 18.2 Å². The molecule has 1 atom stereocenters. The van der Waals surface area contributed by atoms with Gasteiger partial charge in [0.2, 0.25) is 15.9 Å². The maximum absolute atomic E-state index is 12.5. The first-order valence-corrected chi connectivity index (χ1v) is 9.15. The lowest BCUT2D eigenvalue weighted by molar-refractivity contribution is -0.135. The largest absolute Gasteiger partial charge is 0.337 e. The fourth-order valence-electron chi connectivity index (χ4n) is 2.89. The predicted molar refractivity (Wildman–Crippen MR) is 86.9 cm³/mol. The standard InChI is InChI=1S/C15H18N4O5S/c1-17(25(23,24)11-5-3-2-4-6-11)10-13(20)18-7-8-19-12(9-18)14(21)16-15(19)22/h2-6,12H,7-10H2,1H3,(H,16,21,22). The van der Waals surface area contributed by atoms with Crippen LogP contribution >= 0.6 is 0 Å². The molecule has 10 heteroatoms. The molecule has 3 rings (SSSR count). The van der Waals surface area contributed by atoms with Crippen molar-refractivity contribution in [2.45, 2.75) is 10.9 Å². The molecule has 0 spiro atoms. The van der Waals surface area contributed by atoms with E-state index >= 15 is 0 Å². The van der Waals surface area contributed by atoms with E-state index in [0.29, 0.717) is 0 Å². The molecule has 2 heterocycles. The first-order valence-electron chi connectivity index (χ1n) is 7.71. The first-order chi connectivity index (χ1) is 11.8. The number of imide groups is 1. The highest BCUT2D eigenvalue weighted by atomic mass is 32.2. The highest BCUT2D eigenvalue weighted by molar-refractivity contribution is 7.89. The Bertz CT molecular complexity index is 810. The quantitative estimate of drug-likeness (QED) is 0.693. The van der Waals surface area contributed by atoms with Crippen LogP contribution in [0.4, 0.5) is 4.79 Å². The molecule has 2 aliphatic rings. The van der Waals surface area contributed by atoms with Gasteiger partial charge in [-0.15, -0.1) is 0 Å². The Hall–Kier alpha value is -2.46. The first kappa shape index (κ1) is 17.4. The molecule has 0 aromatic heterocycles. The van der Waals surface area contributed by atoms with E-state index in [-0.39, 0.29) is 31.1 Å². The second kappa shape index (κ2) is 6.45. The maximum atomic E-state index is 12.5. The number of amides is 4. The van der Waals surface area contributed by atoms with Crippen LogP contribution < -0.4 is 5.32 Å². The van der Waals surface area contributed by atoms with E-state index in [1.165, 1.54) is 29.0 Å². The summed E-state index contributed by atoms with van der Waals surface area (Å²) in [7, 11) is -2.43. The molecule has 2 saturated heterocycles. The lowest BCUT2D eigenvalue weighted by atomic mass is 10.2. The minimum Gasteiger partial charge on any atom is -0.337 e. The Morgan fingerprint density at radius 2 is 1.92 bits per heavy atom. The van der Waals surface area contributed by atoms with Crippen molar-refractivity contribution in [3.8, 4) is 0 Å². The monoisotopic (exact) mass is 366 g/mol. The van der Waals surface area contributed by atoms with Crippen LogP contribution in [0.2, 0.25) is 0 Å². The van der Waals surface area contributed by atoms with Crippen LogP contribution in [0.1, 0.15) is 0 Å². The summed E-state index contributed by atoms with van der Waals surface area (Å²) in [5.41, 5.74) is 0. The van der Waals surface area contributed by atoms with Gasteiger partial charge >= 0.3 is 6.03 Å². The molecular formula is C15H18N4O5S. The Morgan fingerprint density at radius 3 is 2.60 bits per heavy atom. The van der Waals surface area contributed by atoms with Crippen LogP contribution in [0.25, 0.3) is 0 Å². The molecule has 1 unspecified atom stereocenters. The van der Waals surface area contributed by atoms with Gasteiger partial charge in [0.1, 0.15) is 6.04 Å². The minimum atomic E-state index is -3.77. The van der Waals surface area contributed by atoms with Gasteiger partial charge in [-0.25, -0.2) is 13.2 Å². The van der Waals surface area contributed by atoms with Crippen molar-refractivity contribution < 1.29 is 22.8 Å². The number of fused-ring (bicyclic) bond motifs is 1. The number of urea groups is 1. The second-order valence-corrected chi connectivity index (χ2v) is 7.96. The summed E-state index contributed by atoms with van der Waals surface area (Å²) in [6.45, 7) is 0.230. The molecule has 9 nitrogen and oxygen atoms in total. The fourth-order valence-corrected chi connectivity index (χ4v) is 4.03. The average molecular weight is 366 g/mol. The Labute approximate surface area is 145 Å². The zero-order valence-corrected chi connectivity index (χ0v) is 14.4. The lowest BCUT2D eigenvalue weighted by Gasteiger charge is -2.36. The van der Waals surface area contributed by atoms with Gasteiger partial charge in [0, 0.05) is 20.1 Å². The average Bonchev–Trinajstić information content (AvgIpc) is 2.89. The molecule has 2 fully saturated rings. The van der Waals surface area contributed by atoms with Crippen LogP contribution in [0.15, 0.2) is 35.2 Å². The van der Waals surface area contributed by atoms with Gasteiger partial charge in [-0.2, -0.15) is 4.31 Å². The molecular weight excluding hydrogens is 348 g/mol. The molecule has 2 aliphatic heterocycles. The zero-order valence-electron chi connectivity index (χ0n) is 13.6. The number of nitrogens with one attached hydrogen (secondary N) is 1. The highest BCUT2D eigenvalue weighted by Gasteiger charge is 2.43. The van der Waals surface area contributed by atoms with Crippen molar-refractivity contribution in [1.29, 1.82) is 0 Å². The van der Waals surface area contributed by atoms with Crippen molar-refractivity contribution in [2.75, 3.05) is 33.2 Å². The van der Waals surface area contributed by atoms with Gasteiger partial charge in [0.05, 0.1) is 18.0 Å². The Balaban J connectivity index is 1.66. The van der Waals surface area contributed by atoms with Crippen LogP contribution in [-0.2, 0) is 19.6 Å².